The van der Waals surface area contributed by atoms with Crippen molar-refractivity contribution in [2.24, 2.45) is 0 Å². The highest BCUT2D eigenvalue weighted by atomic mass is 35.5. The van der Waals surface area contributed by atoms with Gasteiger partial charge in [-0.25, -0.2) is 8.42 Å². The third-order valence-electron chi connectivity index (χ3n) is 4.96. The molecule has 1 heterocycles. The molecule has 0 N–H and O–H groups in total. The molecule has 1 aliphatic rings. The lowest BCUT2D eigenvalue weighted by molar-refractivity contribution is -0.129. The molecule has 0 radical (unpaired) electrons. The van der Waals surface area contributed by atoms with Crippen molar-refractivity contribution in [2.75, 3.05) is 23.9 Å². The predicted octanol–water partition coefficient (Wildman–Crippen LogP) is 4.25. The molecular weight excluding hydrogens is 396 g/mol. The molecule has 0 aliphatic carbocycles. The summed E-state index contributed by atoms with van der Waals surface area (Å²) in [4.78, 5) is 14.8. The standard InChI is InChI=1S/C21H25ClN2O3S/c1-17-6-10-19(11-7-17)24(16-21(25)23-14-4-2-3-5-15-23)28(26,27)20-12-8-18(22)9-13-20/h6-13H,2-5,14-16H2,1H3. The minimum absolute atomic E-state index is 0.112. The maximum atomic E-state index is 13.3. The molecule has 2 aromatic rings. The first-order valence-corrected chi connectivity index (χ1v) is 11.3. The van der Waals surface area contributed by atoms with Crippen LogP contribution in [0.5, 0.6) is 0 Å². The van der Waals surface area contributed by atoms with Gasteiger partial charge in [-0.15, -0.1) is 0 Å². The van der Waals surface area contributed by atoms with Gasteiger partial charge >= 0.3 is 0 Å². The minimum atomic E-state index is -3.90. The monoisotopic (exact) mass is 420 g/mol. The Morgan fingerprint density at radius 2 is 1.54 bits per heavy atom. The van der Waals surface area contributed by atoms with Crippen LogP contribution in [0, 0.1) is 6.92 Å². The third-order valence-corrected chi connectivity index (χ3v) is 7.00. The van der Waals surface area contributed by atoms with Gasteiger partial charge in [0.15, 0.2) is 0 Å². The van der Waals surface area contributed by atoms with Crippen molar-refractivity contribution in [1.29, 1.82) is 0 Å². The van der Waals surface area contributed by atoms with Crippen LogP contribution in [0.25, 0.3) is 0 Å². The first-order valence-electron chi connectivity index (χ1n) is 9.51. The number of amides is 1. The second kappa shape index (κ2) is 8.97. The number of carbonyl (C=O) groups is 1. The number of nitrogens with zero attached hydrogens (tertiary/aromatic N) is 2. The van der Waals surface area contributed by atoms with Gasteiger partial charge in [0, 0.05) is 18.1 Å². The van der Waals surface area contributed by atoms with Gasteiger partial charge in [0.25, 0.3) is 10.0 Å². The molecule has 7 heteroatoms. The van der Waals surface area contributed by atoms with Crippen molar-refractivity contribution in [3.05, 3.63) is 59.1 Å². The van der Waals surface area contributed by atoms with E-state index in [0.717, 1.165) is 31.2 Å². The van der Waals surface area contributed by atoms with Crippen molar-refractivity contribution < 1.29 is 13.2 Å². The fourth-order valence-electron chi connectivity index (χ4n) is 3.30. The summed E-state index contributed by atoms with van der Waals surface area (Å²) in [7, 11) is -3.90. The molecule has 1 amide bonds. The number of sulfonamides is 1. The van der Waals surface area contributed by atoms with Crippen molar-refractivity contribution >= 4 is 33.2 Å². The zero-order valence-corrected chi connectivity index (χ0v) is 17.5. The van der Waals surface area contributed by atoms with Crippen LogP contribution in [-0.4, -0.2) is 38.9 Å². The van der Waals surface area contributed by atoms with Gasteiger partial charge < -0.3 is 4.90 Å². The highest BCUT2D eigenvalue weighted by molar-refractivity contribution is 7.92. The van der Waals surface area contributed by atoms with Crippen LogP contribution in [0.4, 0.5) is 5.69 Å². The van der Waals surface area contributed by atoms with Gasteiger partial charge in [-0.3, -0.25) is 9.10 Å². The summed E-state index contributed by atoms with van der Waals surface area (Å²) in [6.45, 7) is 3.08. The second-order valence-electron chi connectivity index (χ2n) is 7.10. The number of rotatable bonds is 5. The number of benzene rings is 2. The van der Waals surface area contributed by atoms with E-state index in [4.69, 9.17) is 11.6 Å². The Kier molecular flexibility index (Phi) is 6.62. The SMILES string of the molecule is Cc1ccc(N(CC(=O)N2CCCCCC2)S(=O)(=O)c2ccc(Cl)cc2)cc1. The van der Waals surface area contributed by atoms with Crippen molar-refractivity contribution in [1.82, 2.24) is 4.90 Å². The van der Waals surface area contributed by atoms with E-state index in [1.54, 1.807) is 29.2 Å². The van der Waals surface area contributed by atoms with Crippen molar-refractivity contribution in [3.8, 4) is 0 Å². The summed E-state index contributed by atoms with van der Waals surface area (Å²) in [6, 6.07) is 13.2. The average molecular weight is 421 g/mol. The minimum Gasteiger partial charge on any atom is -0.341 e. The largest absolute Gasteiger partial charge is 0.341 e. The summed E-state index contributed by atoms with van der Waals surface area (Å²) in [6.07, 6.45) is 4.13. The maximum Gasteiger partial charge on any atom is 0.264 e. The Bertz CT molecular complexity index is 904. The van der Waals surface area contributed by atoms with Crippen LogP contribution in [0.15, 0.2) is 53.4 Å². The van der Waals surface area contributed by atoms with Gasteiger partial charge in [0.1, 0.15) is 6.54 Å². The van der Waals surface area contributed by atoms with Crippen LogP contribution < -0.4 is 4.31 Å². The Morgan fingerprint density at radius 3 is 2.11 bits per heavy atom. The molecule has 5 nitrogen and oxygen atoms in total. The number of carbonyl (C=O) groups excluding carboxylic acids is 1. The topological polar surface area (TPSA) is 57.7 Å². The Hall–Kier alpha value is -2.05. The van der Waals surface area contributed by atoms with Crippen LogP contribution in [0.2, 0.25) is 5.02 Å². The summed E-state index contributed by atoms with van der Waals surface area (Å²) in [5.41, 5.74) is 1.50. The number of hydrogen-bond donors (Lipinski definition) is 0. The molecule has 3 rings (SSSR count). The Morgan fingerprint density at radius 1 is 0.964 bits per heavy atom. The number of hydrogen-bond acceptors (Lipinski definition) is 3. The fourth-order valence-corrected chi connectivity index (χ4v) is 4.84. The van der Waals surface area contributed by atoms with E-state index in [0.29, 0.717) is 23.8 Å². The smallest absolute Gasteiger partial charge is 0.264 e. The van der Waals surface area contributed by atoms with Crippen molar-refractivity contribution in [2.45, 2.75) is 37.5 Å². The van der Waals surface area contributed by atoms with E-state index in [-0.39, 0.29) is 17.3 Å². The lowest BCUT2D eigenvalue weighted by Gasteiger charge is -2.28. The molecule has 0 spiro atoms. The summed E-state index contributed by atoms with van der Waals surface area (Å²) >= 11 is 5.91. The zero-order valence-electron chi connectivity index (χ0n) is 16.0. The molecule has 0 unspecified atom stereocenters. The Balaban J connectivity index is 1.93. The van der Waals surface area contributed by atoms with Gasteiger partial charge in [-0.1, -0.05) is 42.1 Å². The van der Waals surface area contributed by atoms with Gasteiger partial charge in [0.05, 0.1) is 10.6 Å². The molecule has 150 valence electrons. The maximum absolute atomic E-state index is 13.3. The average Bonchev–Trinajstić information content (AvgIpc) is 2.96. The number of likely N-dealkylation sites (tertiary alicyclic amines) is 1. The summed E-state index contributed by atoms with van der Waals surface area (Å²) in [5.74, 6) is -0.167. The van der Waals surface area contributed by atoms with Gasteiger partial charge in [-0.2, -0.15) is 0 Å². The highest BCUT2D eigenvalue weighted by Gasteiger charge is 2.29. The zero-order chi connectivity index (χ0) is 20.1. The summed E-state index contributed by atoms with van der Waals surface area (Å²) < 4.78 is 27.9. The summed E-state index contributed by atoms with van der Waals surface area (Å²) in [5, 5.41) is 0.460. The van der Waals surface area contributed by atoms with Crippen LogP contribution in [0.1, 0.15) is 31.2 Å². The lowest BCUT2D eigenvalue weighted by atomic mass is 10.2. The van der Waals surface area contributed by atoms with E-state index >= 15 is 0 Å². The van der Waals surface area contributed by atoms with Gasteiger partial charge in [-0.05, 0) is 56.2 Å². The molecule has 1 saturated heterocycles. The molecule has 0 saturated carbocycles. The lowest BCUT2D eigenvalue weighted by Crippen LogP contribution is -2.43. The normalized spacial score (nSPS) is 15.1. The van der Waals surface area contributed by atoms with E-state index in [1.165, 1.54) is 16.4 Å². The predicted molar refractivity (Wildman–Crippen MR) is 112 cm³/mol. The Labute approximate surface area is 172 Å². The quantitative estimate of drug-likeness (QED) is 0.726. The van der Waals surface area contributed by atoms with E-state index in [1.807, 2.05) is 19.1 Å². The van der Waals surface area contributed by atoms with Crippen molar-refractivity contribution in [3.63, 3.8) is 0 Å². The van der Waals surface area contributed by atoms with E-state index < -0.39 is 10.0 Å². The molecule has 2 aromatic carbocycles. The third kappa shape index (κ3) is 4.86. The van der Waals surface area contributed by atoms with Gasteiger partial charge in [0.2, 0.25) is 5.91 Å². The van der Waals surface area contributed by atoms with Crippen LogP contribution in [0.3, 0.4) is 0 Å². The molecule has 0 atom stereocenters. The highest BCUT2D eigenvalue weighted by Crippen LogP contribution is 2.25. The molecule has 1 aliphatic heterocycles. The number of halogens is 1. The van der Waals surface area contributed by atoms with Crippen LogP contribution >= 0.6 is 11.6 Å². The van der Waals surface area contributed by atoms with E-state index in [9.17, 15) is 13.2 Å². The first-order chi connectivity index (χ1) is 13.4. The fraction of sp³-hybridized carbons (Fsp3) is 0.381. The van der Waals surface area contributed by atoms with E-state index in [2.05, 4.69) is 0 Å². The second-order valence-corrected chi connectivity index (χ2v) is 9.39. The molecule has 1 fully saturated rings. The molecule has 0 aromatic heterocycles. The number of anilines is 1. The molecule has 28 heavy (non-hydrogen) atoms. The molecular formula is C21H25ClN2O3S. The number of aryl methyl sites for hydroxylation is 1. The van der Waals surface area contributed by atoms with Crippen LogP contribution in [-0.2, 0) is 14.8 Å². The molecule has 0 bridgehead atoms. The first kappa shape index (κ1) is 20.7.